The van der Waals surface area contributed by atoms with Crippen molar-refractivity contribution in [1.82, 2.24) is 0 Å². The maximum Gasteiger partial charge on any atom is 2.00 e. The number of ether oxygens (including phenoxy) is 3. The molecule has 64 heavy (non-hydrogen) atoms. The van der Waals surface area contributed by atoms with E-state index in [1.54, 1.807) is 0 Å². The van der Waals surface area contributed by atoms with Gasteiger partial charge in [0.2, 0.25) is 0 Å². The monoisotopic (exact) mass is 933 g/mol. The number of aliphatic hydroxyl groups is 8. The van der Waals surface area contributed by atoms with E-state index in [-0.39, 0.29) is 35.9 Å². The second-order valence-electron chi connectivity index (χ2n) is 17.7. The van der Waals surface area contributed by atoms with Crippen LogP contribution in [-0.2, 0) is 23.8 Å². The van der Waals surface area contributed by atoms with E-state index < -0.39 is 86.6 Å². The van der Waals surface area contributed by atoms with Gasteiger partial charge in [0.15, 0.2) is 12.6 Å². The fraction of sp³-hybridized carbons (Fsp3) is 0.958. The molecule has 16 heteroatoms. The number of carboxylic acid groups (broad SMARTS) is 2. The molecule has 2 saturated heterocycles. The van der Waals surface area contributed by atoms with Crippen LogP contribution in [-0.4, -0.2) is 150 Å². The van der Waals surface area contributed by atoms with Gasteiger partial charge in [-0.15, -0.1) is 0 Å². The summed E-state index contributed by atoms with van der Waals surface area (Å²) in [5.41, 5.74) is 0. The Balaban J connectivity index is 0. The molecule has 2 heterocycles. The van der Waals surface area contributed by atoms with Crippen LogP contribution in [0.1, 0.15) is 219 Å². The molecular formula is C48H92MgO15. The van der Waals surface area contributed by atoms with Gasteiger partial charge >= 0.3 is 23.1 Å². The van der Waals surface area contributed by atoms with Crippen molar-refractivity contribution in [1.29, 1.82) is 0 Å². The number of carboxylic acids is 2. The Morgan fingerprint density at radius 3 is 1.03 bits per heavy atom. The van der Waals surface area contributed by atoms with E-state index in [4.69, 9.17) is 19.3 Å². The molecular weight excluding hydrogens is 841 g/mol. The first-order chi connectivity index (χ1) is 30.4. The quantitative estimate of drug-likeness (QED) is 0.0323. The molecule has 0 saturated carbocycles. The molecule has 2 aliphatic heterocycles. The van der Waals surface area contributed by atoms with E-state index in [9.17, 15) is 55.5 Å². The largest absolute Gasteiger partial charge is 2.00 e. The van der Waals surface area contributed by atoms with Crippen molar-refractivity contribution in [2.24, 2.45) is 0 Å². The van der Waals surface area contributed by atoms with Gasteiger partial charge in [-0.05, 0) is 25.7 Å². The van der Waals surface area contributed by atoms with Gasteiger partial charge in [0.05, 0.1) is 13.2 Å². The molecule has 2 fully saturated rings. The van der Waals surface area contributed by atoms with Gasteiger partial charge < -0.3 is 74.9 Å². The number of hydrogen-bond donors (Lipinski definition) is 8. The Labute approximate surface area is 402 Å². The molecule has 2 aliphatic rings. The van der Waals surface area contributed by atoms with E-state index in [0.29, 0.717) is 0 Å². The Morgan fingerprint density at radius 2 is 0.734 bits per heavy atom. The average Bonchev–Trinajstić information content (AvgIpc) is 3.26. The molecule has 0 spiro atoms. The molecule has 0 unspecified atom stereocenters. The van der Waals surface area contributed by atoms with E-state index in [0.717, 1.165) is 25.7 Å². The maximum absolute atomic E-state index is 10.2. The summed E-state index contributed by atoms with van der Waals surface area (Å²) < 4.78 is 15.3. The van der Waals surface area contributed by atoms with Crippen LogP contribution < -0.4 is 10.2 Å². The fourth-order valence-electron chi connectivity index (χ4n) is 7.85. The minimum absolute atomic E-state index is 0. The molecule has 0 bridgehead atoms. The third kappa shape index (κ3) is 33.7. The van der Waals surface area contributed by atoms with Crippen molar-refractivity contribution in [3.05, 3.63) is 0 Å². The maximum atomic E-state index is 10.2. The van der Waals surface area contributed by atoms with E-state index >= 15 is 0 Å². The average molecular weight is 934 g/mol. The number of rotatable bonds is 36. The van der Waals surface area contributed by atoms with Crippen LogP contribution in [0.15, 0.2) is 0 Å². The third-order valence-electron chi connectivity index (χ3n) is 11.9. The Morgan fingerprint density at radius 1 is 0.422 bits per heavy atom. The SMILES string of the molecule is CCCCCCCCCCCCCCCCCC(=O)[O-].CCCCCCCCCCCCCCCCCC(=O)[O-].OC[C@H]1O[C@@H](O[C@H]2[C@H](O)[C@@H](O)[C@@H](O)O[C@@H]2CO)[C@H](O)[C@@H](O)[C@H]1O.[Mg+2]. The predicted octanol–water partition coefficient (Wildman–Crippen LogP) is 4.22. The second-order valence-corrected chi connectivity index (χ2v) is 17.7. The van der Waals surface area contributed by atoms with Crippen molar-refractivity contribution >= 4 is 35.0 Å². The van der Waals surface area contributed by atoms with Crippen molar-refractivity contribution < 1.29 is 74.9 Å². The topological polar surface area (TPSA) is 270 Å². The minimum Gasteiger partial charge on any atom is -0.550 e. The molecule has 0 amide bonds. The number of aliphatic hydroxyl groups excluding tert-OH is 8. The summed E-state index contributed by atoms with van der Waals surface area (Å²) in [4.78, 5) is 20.4. The van der Waals surface area contributed by atoms with Gasteiger partial charge in [-0.3, -0.25) is 0 Å². The van der Waals surface area contributed by atoms with E-state index in [2.05, 4.69) is 13.8 Å². The molecule has 376 valence electrons. The zero-order chi connectivity index (χ0) is 47.1. The fourth-order valence-corrected chi connectivity index (χ4v) is 7.85. The summed E-state index contributed by atoms with van der Waals surface area (Å²) in [6.07, 6.45) is 24.1. The Bertz CT molecular complexity index is 997. The van der Waals surface area contributed by atoms with Crippen LogP contribution in [0, 0.1) is 0 Å². The van der Waals surface area contributed by atoms with Gasteiger partial charge in [-0.1, -0.05) is 194 Å². The molecule has 2 rings (SSSR count). The van der Waals surface area contributed by atoms with Gasteiger partial charge in [-0.2, -0.15) is 0 Å². The molecule has 15 nitrogen and oxygen atoms in total. The summed E-state index contributed by atoms with van der Waals surface area (Å²) in [6, 6.07) is 0. The molecule has 0 radical (unpaired) electrons. The molecule has 0 aliphatic carbocycles. The molecule has 0 aromatic heterocycles. The van der Waals surface area contributed by atoms with E-state index in [1.165, 1.54) is 167 Å². The smallest absolute Gasteiger partial charge is 0.550 e. The van der Waals surface area contributed by atoms with Crippen LogP contribution >= 0.6 is 0 Å². The predicted molar refractivity (Wildman–Crippen MR) is 243 cm³/mol. The third-order valence-corrected chi connectivity index (χ3v) is 11.9. The molecule has 8 N–H and O–H groups in total. The minimum atomic E-state index is -1.74. The van der Waals surface area contributed by atoms with Crippen molar-refractivity contribution in [3.63, 3.8) is 0 Å². The standard InChI is InChI=1S/2C18H36O2.C12H22O11.Mg/c2*1-2-3-4-5-6-7-8-9-10-11-12-13-14-15-16-17-18(19)20;13-1-3-5(15)6(16)9(19)12(22-3)23-10-4(2-14)21-11(20)8(18)7(10)17;/h2*2-17H2,1H3,(H,19,20);3-20H,1-2H2;/q;;;+2/p-2/t;;3-,4-,5+,6+,7-,8-,9-,10-,11+,12+;/m..1./s1. The van der Waals surface area contributed by atoms with Gasteiger partial charge in [0.25, 0.3) is 0 Å². The zero-order valence-electron chi connectivity index (χ0n) is 40.0. The summed E-state index contributed by atoms with van der Waals surface area (Å²) >= 11 is 0. The molecule has 10 atom stereocenters. The van der Waals surface area contributed by atoms with Crippen LogP contribution in [0.2, 0.25) is 0 Å². The first kappa shape index (κ1) is 65.3. The number of carbonyl (C=O) groups is 2. The number of carbonyl (C=O) groups excluding carboxylic acids is 2. The summed E-state index contributed by atoms with van der Waals surface area (Å²) in [6.45, 7) is 3.19. The number of hydrogen-bond acceptors (Lipinski definition) is 15. The van der Waals surface area contributed by atoms with Crippen LogP contribution in [0.4, 0.5) is 0 Å². The van der Waals surface area contributed by atoms with Gasteiger partial charge in [0.1, 0.15) is 48.8 Å². The summed E-state index contributed by atoms with van der Waals surface area (Å²) in [5.74, 6) is -1.81. The summed E-state index contributed by atoms with van der Waals surface area (Å²) in [5, 5.41) is 96.9. The first-order valence-electron chi connectivity index (χ1n) is 25.0. The van der Waals surface area contributed by atoms with Crippen molar-refractivity contribution in [2.75, 3.05) is 13.2 Å². The Kier molecular flexibility index (Phi) is 45.7. The first-order valence-corrected chi connectivity index (χ1v) is 25.0. The van der Waals surface area contributed by atoms with Crippen molar-refractivity contribution in [2.45, 2.75) is 281 Å². The van der Waals surface area contributed by atoms with Gasteiger partial charge in [-0.25, -0.2) is 0 Å². The van der Waals surface area contributed by atoms with E-state index in [1.807, 2.05) is 0 Å². The normalized spacial score (nSPS) is 25.3. The summed E-state index contributed by atoms with van der Waals surface area (Å²) in [7, 11) is 0. The van der Waals surface area contributed by atoms with Crippen LogP contribution in [0.5, 0.6) is 0 Å². The van der Waals surface area contributed by atoms with Crippen molar-refractivity contribution in [3.8, 4) is 0 Å². The number of unbranched alkanes of at least 4 members (excludes halogenated alkanes) is 28. The number of aliphatic carboxylic acids is 2. The molecule has 0 aromatic rings. The molecule has 0 aromatic carbocycles. The second kappa shape index (κ2) is 44.8. The van der Waals surface area contributed by atoms with Gasteiger partial charge in [0, 0.05) is 11.9 Å². The Hall–Kier alpha value is -0.734. The zero-order valence-corrected chi connectivity index (χ0v) is 41.4. The van der Waals surface area contributed by atoms with Crippen LogP contribution in [0.25, 0.3) is 0 Å². The van der Waals surface area contributed by atoms with Crippen LogP contribution in [0.3, 0.4) is 0 Å².